The highest BCUT2D eigenvalue weighted by Crippen LogP contribution is 2.34. The van der Waals surface area contributed by atoms with Crippen LogP contribution in [0.15, 0.2) is 77.7 Å². The maximum Gasteiger partial charge on any atom is 0.264 e. The predicted octanol–water partition coefficient (Wildman–Crippen LogP) is 5.37. The summed E-state index contributed by atoms with van der Waals surface area (Å²) in [6, 6.07) is 19.9. The topological polar surface area (TPSA) is 110 Å². The second-order valence-electron chi connectivity index (χ2n) is 7.93. The lowest BCUT2D eigenvalue weighted by Gasteiger charge is -2.14. The highest BCUT2D eigenvalue weighted by molar-refractivity contribution is 7.92. The van der Waals surface area contributed by atoms with Crippen molar-refractivity contribution < 1.29 is 17.9 Å². The van der Waals surface area contributed by atoms with Gasteiger partial charge < -0.3 is 10.1 Å². The third-order valence-corrected chi connectivity index (χ3v) is 7.01. The molecule has 0 aliphatic rings. The summed E-state index contributed by atoms with van der Waals surface area (Å²) in [6.45, 7) is 3.87. The Morgan fingerprint density at radius 1 is 0.917 bits per heavy atom. The van der Waals surface area contributed by atoms with Crippen LogP contribution in [0.3, 0.4) is 0 Å². The van der Waals surface area contributed by atoms with E-state index in [4.69, 9.17) is 16.3 Å². The van der Waals surface area contributed by atoms with E-state index >= 15 is 0 Å². The molecule has 1 amide bonds. The van der Waals surface area contributed by atoms with Gasteiger partial charge in [-0.25, -0.2) is 18.1 Å². The zero-order valence-corrected chi connectivity index (χ0v) is 21.3. The molecule has 10 heteroatoms. The molecule has 0 radical (unpaired) electrons. The van der Waals surface area contributed by atoms with Gasteiger partial charge in [-0.3, -0.25) is 4.79 Å². The number of carbonyl (C=O) groups is 1. The minimum atomic E-state index is -3.96. The second kappa shape index (κ2) is 10.3. The van der Waals surface area contributed by atoms with Gasteiger partial charge in [0.1, 0.15) is 5.75 Å². The summed E-state index contributed by atoms with van der Waals surface area (Å²) in [6.07, 6.45) is 0. The Hall–Kier alpha value is -3.95. The molecule has 184 valence electrons. The standard InChI is InChI=1S/C26H23ClN4O4S/c1-16-8-7-9-17(2)24(16)21-15-23(35-22-14-18(25(32)28-3)12-13-20(22)27)30-26(29-21)31-36(33,34)19-10-5-4-6-11-19/h4-15H,1-3H3,(H,28,32)(H,29,30,31). The monoisotopic (exact) mass is 522 g/mol. The maximum absolute atomic E-state index is 13.0. The lowest BCUT2D eigenvalue weighted by molar-refractivity contribution is 0.0962. The molecule has 2 N–H and O–H groups in total. The molecule has 0 saturated carbocycles. The maximum atomic E-state index is 13.0. The van der Waals surface area contributed by atoms with Crippen molar-refractivity contribution in [1.82, 2.24) is 15.3 Å². The lowest BCUT2D eigenvalue weighted by Crippen LogP contribution is -2.17. The predicted molar refractivity (Wildman–Crippen MR) is 139 cm³/mol. The Kier molecular flexibility index (Phi) is 7.23. The number of carbonyl (C=O) groups excluding carboxylic acids is 1. The number of aromatic nitrogens is 2. The SMILES string of the molecule is CNC(=O)c1ccc(Cl)c(Oc2cc(-c3c(C)cccc3C)nc(NS(=O)(=O)c3ccccc3)n2)c1. The number of benzene rings is 3. The van der Waals surface area contributed by atoms with Gasteiger partial charge in [-0.1, -0.05) is 48.0 Å². The fourth-order valence-corrected chi connectivity index (χ4v) is 4.75. The normalized spacial score (nSPS) is 11.1. The van der Waals surface area contributed by atoms with Crippen molar-refractivity contribution in [2.45, 2.75) is 18.7 Å². The first kappa shape index (κ1) is 25.2. The average Bonchev–Trinajstić information content (AvgIpc) is 2.85. The fraction of sp³-hybridized carbons (Fsp3) is 0.115. The Morgan fingerprint density at radius 3 is 2.28 bits per heavy atom. The molecule has 0 spiro atoms. The number of hydrogen-bond acceptors (Lipinski definition) is 6. The van der Waals surface area contributed by atoms with Gasteiger partial charge in [0.05, 0.1) is 15.6 Å². The van der Waals surface area contributed by atoms with E-state index in [1.165, 1.54) is 31.3 Å². The minimum absolute atomic E-state index is 0.0457. The molecule has 1 heterocycles. The fourth-order valence-electron chi connectivity index (χ4n) is 3.63. The number of sulfonamides is 1. The van der Waals surface area contributed by atoms with Crippen molar-refractivity contribution >= 4 is 33.5 Å². The van der Waals surface area contributed by atoms with Crippen molar-refractivity contribution in [3.05, 3.63) is 94.5 Å². The van der Waals surface area contributed by atoms with E-state index in [-0.39, 0.29) is 33.4 Å². The molecule has 0 fully saturated rings. The molecule has 1 aromatic heterocycles. The molecule has 0 saturated heterocycles. The number of rotatable bonds is 7. The van der Waals surface area contributed by atoms with E-state index in [0.29, 0.717) is 11.3 Å². The van der Waals surface area contributed by atoms with Gasteiger partial charge >= 0.3 is 0 Å². The van der Waals surface area contributed by atoms with Crippen LogP contribution in [-0.2, 0) is 10.0 Å². The first-order valence-electron chi connectivity index (χ1n) is 10.9. The summed E-state index contributed by atoms with van der Waals surface area (Å²) in [4.78, 5) is 20.9. The molecular formula is C26H23ClN4O4S. The van der Waals surface area contributed by atoms with Crippen LogP contribution in [0.25, 0.3) is 11.3 Å². The van der Waals surface area contributed by atoms with E-state index in [9.17, 15) is 13.2 Å². The number of halogens is 1. The number of amides is 1. The van der Waals surface area contributed by atoms with Crippen LogP contribution in [0, 0.1) is 13.8 Å². The van der Waals surface area contributed by atoms with E-state index in [1.54, 1.807) is 30.3 Å². The Bertz CT molecular complexity index is 1520. The van der Waals surface area contributed by atoms with Gasteiger partial charge in [-0.05, 0) is 55.3 Å². The van der Waals surface area contributed by atoms with Crippen molar-refractivity contribution in [2.75, 3.05) is 11.8 Å². The largest absolute Gasteiger partial charge is 0.437 e. The first-order chi connectivity index (χ1) is 17.2. The smallest absolute Gasteiger partial charge is 0.264 e. The summed E-state index contributed by atoms with van der Waals surface area (Å²) in [5.41, 5.74) is 3.49. The molecule has 0 aliphatic heterocycles. The number of anilines is 1. The molecule has 4 aromatic rings. The molecule has 0 atom stereocenters. The van der Waals surface area contributed by atoms with Gasteiger partial charge in [-0.2, -0.15) is 4.98 Å². The zero-order valence-electron chi connectivity index (χ0n) is 19.7. The summed E-state index contributed by atoms with van der Waals surface area (Å²) in [5.74, 6) is -0.260. The number of nitrogens with one attached hydrogen (secondary N) is 2. The van der Waals surface area contributed by atoms with Crippen molar-refractivity contribution in [3.8, 4) is 22.9 Å². The van der Waals surface area contributed by atoms with Crippen LogP contribution in [0.1, 0.15) is 21.5 Å². The van der Waals surface area contributed by atoms with Gasteiger partial charge in [0, 0.05) is 24.2 Å². The van der Waals surface area contributed by atoms with E-state index in [0.717, 1.165) is 16.7 Å². The molecule has 4 rings (SSSR count). The minimum Gasteiger partial charge on any atom is -0.437 e. The molecular weight excluding hydrogens is 500 g/mol. The molecule has 0 bridgehead atoms. The molecule has 0 unspecified atom stereocenters. The van der Waals surface area contributed by atoms with Crippen LogP contribution < -0.4 is 14.8 Å². The van der Waals surface area contributed by atoms with Gasteiger partial charge in [-0.15, -0.1) is 0 Å². The van der Waals surface area contributed by atoms with Gasteiger partial charge in [0.25, 0.3) is 15.9 Å². The Balaban J connectivity index is 1.82. The van der Waals surface area contributed by atoms with Crippen molar-refractivity contribution in [3.63, 3.8) is 0 Å². The molecule has 0 aliphatic carbocycles. The Morgan fingerprint density at radius 2 is 1.61 bits per heavy atom. The number of ether oxygens (including phenoxy) is 1. The van der Waals surface area contributed by atoms with E-state index in [1.807, 2.05) is 32.0 Å². The quantitative estimate of drug-likeness (QED) is 0.338. The van der Waals surface area contributed by atoms with Crippen LogP contribution >= 0.6 is 11.6 Å². The van der Waals surface area contributed by atoms with Crippen LogP contribution in [0.2, 0.25) is 5.02 Å². The van der Waals surface area contributed by atoms with Crippen LogP contribution in [-0.4, -0.2) is 31.3 Å². The van der Waals surface area contributed by atoms with E-state index < -0.39 is 10.0 Å². The highest BCUT2D eigenvalue weighted by Gasteiger charge is 2.19. The Labute approximate surface area is 214 Å². The first-order valence-corrected chi connectivity index (χ1v) is 12.8. The van der Waals surface area contributed by atoms with Crippen LogP contribution in [0.5, 0.6) is 11.6 Å². The van der Waals surface area contributed by atoms with Crippen molar-refractivity contribution in [2.24, 2.45) is 0 Å². The second-order valence-corrected chi connectivity index (χ2v) is 10.0. The molecule has 8 nitrogen and oxygen atoms in total. The average molecular weight is 523 g/mol. The number of nitrogens with zero attached hydrogens (tertiary/aromatic N) is 2. The lowest BCUT2D eigenvalue weighted by atomic mass is 10.00. The molecule has 36 heavy (non-hydrogen) atoms. The summed E-state index contributed by atoms with van der Waals surface area (Å²) < 4.78 is 34.3. The number of hydrogen-bond donors (Lipinski definition) is 2. The summed E-state index contributed by atoms with van der Waals surface area (Å²) in [7, 11) is -2.44. The van der Waals surface area contributed by atoms with E-state index in [2.05, 4.69) is 20.0 Å². The zero-order chi connectivity index (χ0) is 25.9. The van der Waals surface area contributed by atoms with Gasteiger partial charge in [0.15, 0.2) is 0 Å². The third-order valence-electron chi connectivity index (χ3n) is 5.35. The van der Waals surface area contributed by atoms with Crippen molar-refractivity contribution in [1.29, 1.82) is 0 Å². The summed E-state index contributed by atoms with van der Waals surface area (Å²) in [5, 5.41) is 2.80. The summed E-state index contributed by atoms with van der Waals surface area (Å²) >= 11 is 6.32. The third kappa shape index (κ3) is 5.48. The molecule has 3 aromatic carbocycles. The van der Waals surface area contributed by atoms with Gasteiger partial charge in [0.2, 0.25) is 11.8 Å². The van der Waals surface area contributed by atoms with Crippen LogP contribution in [0.4, 0.5) is 5.95 Å². The highest BCUT2D eigenvalue weighted by atomic mass is 35.5. The number of aryl methyl sites for hydroxylation is 2.